The average molecular weight is 371 g/mol. The SMILES string of the molecule is COc1cccc(/C=C2N=C(/C=C/c3ccccc3)OC\2=O)c1OC(F)F. The van der Waals surface area contributed by atoms with E-state index in [-0.39, 0.29) is 28.7 Å². The van der Waals surface area contributed by atoms with Crippen LogP contribution in [0.1, 0.15) is 11.1 Å². The minimum atomic E-state index is -3.04. The molecule has 0 radical (unpaired) electrons. The van der Waals surface area contributed by atoms with Crippen molar-refractivity contribution in [2.45, 2.75) is 6.61 Å². The summed E-state index contributed by atoms with van der Waals surface area (Å²) >= 11 is 0. The average Bonchev–Trinajstić information content (AvgIpc) is 3.01. The highest BCUT2D eigenvalue weighted by molar-refractivity contribution is 6.11. The quantitative estimate of drug-likeness (QED) is 0.561. The van der Waals surface area contributed by atoms with Crippen LogP contribution in [0.5, 0.6) is 11.5 Å². The Hall–Kier alpha value is -3.48. The number of halogens is 2. The molecule has 0 spiro atoms. The van der Waals surface area contributed by atoms with Gasteiger partial charge in [0, 0.05) is 11.6 Å². The fourth-order valence-corrected chi connectivity index (χ4v) is 2.40. The zero-order chi connectivity index (χ0) is 19.2. The Labute approximate surface area is 154 Å². The van der Waals surface area contributed by atoms with Crippen LogP contribution in [0.15, 0.2) is 65.3 Å². The number of cyclic esters (lactones) is 1. The van der Waals surface area contributed by atoms with Crippen molar-refractivity contribution in [1.29, 1.82) is 0 Å². The van der Waals surface area contributed by atoms with Gasteiger partial charge in [-0.25, -0.2) is 9.79 Å². The molecule has 0 saturated heterocycles. The van der Waals surface area contributed by atoms with Gasteiger partial charge in [-0.3, -0.25) is 0 Å². The van der Waals surface area contributed by atoms with E-state index in [0.717, 1.165) is 5.56 Å². The lowest BCUT2D eigenvalue weighted by Crippen LogP contribution is -2.05. The summed E-state index contributed by atoms with van der Waals surface area (Å²) < 4.78 is 40.1. The topological polar surface area (TPSA) is 57.1 Å². The maximum Gasteiger partial charge on any atom is 0.387 e. The van der Waals surface area contributed by atoms with Gasteiger partial charge in [0.05, 0.1) is 7.11 Å². The number of methoxy groups -OCH3 is 1. The summed E-state index contributed by atoms with van der Waals surface area (Å²) in [7, 11) is 1.33. The lowest BCUT2D eigenvalue weighted by Gasteiger charge is -2.12. The molecule has 0 amide bonds. The summed E-state index contributed by atoms with van der Waals surface area (Å²) in [6.07, 6.45) is 4.61. The minimum absolute atomic E-state index is 0.0323. The number of rotatable bonds is 6. The number of hydrogen-bond acceptors (Lipinski definition) is 5. The number of carbonyl (C=O) groups excluding carboxylic acids is 1. The molecule has 2 aromatic carbocycles. The van der Waals surface area contributed by atoms with E-state index in [1.165, 1.54) is 25.3 Å². The number of carbonyl (C=O) groups is 1. The van der Waals surface area contributed by atoms with Crippen LogP contribution in [0.3, 0.4) is 0 Å². The third-order valence-electron chi connectivity index (χ3n) is 3.58. The summed E-state index contributed by atoms with van der Waals surface area (Å²) in [5, 5.41) is 0. The van der Waals surface area contributed by atoms with Gasteiger partial charge in [0.2, 0.25) is 5.90 Å². The van der Waals surface area contributed by atoms with Gasteiger partial charge < -0.3 is 14.2 Å². The molecule has 27 heavy (non-hydrogen) atoms. The molecular formula is C20H15F2NO4. The Morgan fingerprint density at radius 1 is 1.07 bits per heavy atom. The van der Waals surface area contributed by atoms with Gasteiger partial charge in [0.1, 0.15) is 0 Å². The van der Waals surface area contributed by atoms with E-state index in [2.05, 4.69) is 9.73 Å². The molecule has 138 valence electrons. The second-order valence-corrected chi connectivity index (χ2v) is 5.37. The molecule has 0 N–H and O–H groups in total. The summed E-state index contributed by atoms with van der Waals surface area (Å²) in [5.74, 6) is -0.647. The molecule has 1 aliphatic heterocycles. The normalized spacial score (nSPS) is 15.3. The first-order valence-corrected chi connectivity index (χ1v) is 7.94. The molecule has 0 aromatic heterocycles. The first kappa shape index (κ1) is 18.3. The Balaban J connectivity index is 1.89. The lowest BCUT2D eigenvalue weighted by atomic mass is 10.1. The van der Waals surface area contributed by atoms with Crippen molar-refractivity contribution >= 4 is 24.0 Å². The highest BCUT2D eigenvalue weighted by atomic mass is 19.3. The zero-order valence-corrected chi connectivity index (χ0v) is 14.3. The molecule has 5 nitrogen and oxygen atoms in total. The monoisotopic (exact) mass is 371 g/mol. The predicted octanol–water partition coefficient (Wildman–Crippen LogP) is 4.31. The van der Waals surface area contributed by atoms with Crippen LogP contribution >= 0.6 is 0 Å². The fourth-order valence-electron chi connectivity index (χ4n) is 2.40. The largest absolute Gasteiger partial charge is 0.493 e. The minimum Gasteiger partial charge on any atom is -0.493 e. The van der Waals surface area contributed by atoms with E-state index >= 15 is 0 Å². The van der Waals surface area contributed by atoms with Crippen molar-refractivity contribution in [2.75, 3.05) is 7.11 Å². The molecule has 0 atom stereocenters. The molecule has 3 rings (SSSR count). The Kier molecular flexibility index (Phi) is 5.61. The summed E-state index contributed by atoms with van der Waals surface area (Å²) in [5.41, 5.74) is 1.10. The van der Waals surface area contributed by atoms with Gasteiger partial charge in [0.25, 0.3) is 0 Å². The second-order valence-electron chi connectivity index (χ2n) is 5.37. The molecule has 0 bridgehead atoms. The van der Waals surface area contributed by atoms with E-state index in [1.54, 1.807) is 18.2 Å². The smallest absolute Gasteiger partial charge is 0.387 e. The van der Waals surface area contributed by atoms with Gasteiger partial charge in [0.15, 0.2) is 17.2 Å². The Bertz CT molecular complexity index is 921. The number of aliphatic imine (C=N–C) groups is 1. The molecular weight excluding hydrogens is 356 g/mol. The van der Waals surface area contributed by atoms with Crippen LogP contribution in [0.2, 0.25) is 0 Å². The van der Waals surface area contributed by atoms with Crippen LogP contribution < -0.4 is 9.47 Å². The highest BCUT2D eigenvalue weighted by Crippen LogP contribution is 2.34. The molecule has 1 heterocycles. The van der Waals surface area contributed by atoms with Crippen molar-refractivity contribution in [3.05, 3.63) is 71.4 Å². The predicted molar refractivity (Wildman–Crippen MR) is 96.6 cm³/mol. The van der Waals surface area contributed by atoms with Crippen molar-refractivity contribution in [1.82, 2.24) is 0 Å². The number of nitrogens with zero attached hydrogens (tertiary/aromatic N) is 1. The van der Waals surface area contributed by atoms with E-state index in [9.17, 15) is 13.6 Å². The van der Waals surface area contributed by atoms with Crippen molar-refractivity contribution in [3.8, 4) is 11.5 Å². The summed E-state index contributed by atoms with van der Waals surface area (Å²) in [4.78, 5) is 16.1. The number of esters is 1. The third kappa shape index (κ3) is 4.58. The first-order valence-electron chi connectivity index (χ1n) is 7.94. The van der Waals surface area contributed by atoms with Gasteiger partial charge in [-0.2, -0.15) is 8.78 Å². The van der Waals surface area contributed by atoms with Gasteiger partial charge >= 0.3 is 12.6 Å². The van der Waals surface area contributed by atoms with Crippen LogP contribution in [-0.4, -0.2) is 25.6 Å². The van der Waals surface area contributed by atoms with Crippen LogP contribution in [0.4, 0.5) is 8.78 Å². The van der Waals surface area contributed by atoms with E-state index in [4.69, 9.17) is 9.47 Å². The molecule has 1 aliphatic rings. The maximum absolute atomic E-state index is 12.7. The number of benzene rings is 2. The fraction of sp³-hybridized carbons (Fsp3) is 0.100. The molecule has 2 aromatic rings. The summed E-state index contributed by atoms with van der Waals surface area (Å²) in [6, 6.07) is 14.0. The maximum atomic E-state index is 12.7. The van der Waals surface area contributed by atoms with Crippen LogP contribution in [0.25, 0.3) is 12.2 Å². The molecule has 0 aliphatic carbocycles. The molecule has 0 fully saturated rings. The molecule has 0 unspecified atom stereocenters. The number of para-hydroxylation sites is 1. The third-order valence-corrected chi connectivity index (χ3v) is 3.58. The van der Waals surface area contributed by atoms with Crippen LogP contribution in [0, 0.1) is 0 Å². The number of hydrogen-bond donors (Lipinski definition) is 0. The van der Waals surface area contributed by atoms with E-state index < -0.39 is 12.6 Å². The summed E-state index contributed by atoms with van der Waals surface area (Å²) in [6.45, 7) is -3.04. The van der Waals surface area contributed by atoms with Crippen molar-refractivity contribution in [3.63, 3.8) is 0 Å². The molecule has 7 heteroatoms. The van der Waals surface area contributed by atoms with Crippen molar-refractivity contribution < 1.29 is 27.8 Å². The lowest BCUT2D eigenvalue weighted by molar-refractivity contribution is -0.129. The second kappa shape index (κ2) is 8.27. The van der Waals surface area contributed by atoms with E-state index in [0.29, 0.717) is 0 Å². The van der Waals surface area contributed by atoms with Gasteiger partial charge in [-0.15, -0.1) is 0 Å². The number of alkyl halides is 2. The Morgan fingerprint density at radius 3 is 2.56 bits per heavy atom. The molecule has 0 saturated carbocycles. The first-order chi connectivity index (χ1) is 13.1. The van der Waals surface area contributed by atoms with Gasteiger partial charge in [-0.05, 0) is 23.8 Å². The standard InChI is InChI=1S/C20H15F2NO4/c1-25-16-9-5-8-14(18(16)27-20(21)22)12-15-19(24)26-17(23-15)11-10-13-6-3-2-4-7-13/h2-12,20H,1H3/b11-10+,15-12-. The zero-order valence-electron chi connectivity index (χ0n) is 14.3. The Morgan fingerprint density at radius 2 is 1.85 bits per heavy atom. The number of ether oxygens (including phenoxy) is 3. The van der Waals surface area contributed by atoms with Gasteiger partial charge in [-0.1, -0.05) is 42.5 Å². The van der Waals surface area contributed by atoms with Crippen LogP contribution in [-0.2, 0) is 9.53 Å². The van der Waals surface area contributed by atoms with Crippen molar-refractivity contribution in [2.24, 2.45) is 4.99 Å². The highest BCUT2D eigenvalue weighted by Gasteiger charge is 2.23. The van der Waals surface area contributed by atoms with E-state index in [1.807, 2.05) is 30.3 Å².